The summed E-state index contributed by atoms with van der Waals surface area (Å²) in [6, 6.07) is 0. The summed E-state index contributed by atoms with van der Waals surface area (Å²) in [6.07, 6.45) is 0.653. The Bertz CT molecular complexity index is 451. The van der Waals surface area contributed by atoms with Crippen LogP contribution in [0, 0.1) is 0 Å². The van der Waals surface area contributed by atoms with Crippen molar-refractivity contribution in [2.75, 3.05) is 23.7 Å². The molecule has 1 heterocycles. The highest BCUT2D eigenvalue weighted by Gasteiger charge is 2.21. The summed E-state index contributed by atoms with van der Waals surface area (Å²) in [5.41, 5.74) is 17.4. The first-order chi connectivity index (χ1) is 8.36. The fourth-order valence-electron chi connectivity index (χ4n) is 1.80. The molecule has 6 N–H and O–H groups in total. The number of hydrogen-bond donors (Lipinski definition) is 3. The van der Waals surface area contributed by atoms with Crippen LogP contribution in [0.1, 0.15) is 12.6 Å². The van der Waals surface area contributed by atoms with Crippen molar-refractivity contribution in [1.29, 1.82) is 0 Å². The summed E-state index contributed by atoms with van der Waals surface area (Å²) in [4.78, 5) is 23.5. The molecular formula is C10H18N6O2. The van der Waals surface area contributed by atoms with Crippen molar-refractivity contribution in [2.24, 2.45) is 18.5 Å². The highest BCUT2D eigenvalue weighted by molar-refractivity contribution is 5.86. The van der Waals surface area contributed by atoms with Crippen molar-refractivity contribution in [3.8, 4) is 0 Å². The zero-order chi connectivity index (χ0) is 13.9. The maximum Gasteiger partial charge on any atom is 0.237 e. The van der Waals surface area contributed by atoms with E-state index in [0.29, 0.717) is 23.6 Å². The van der Waals surface area contributed by atoms with E-state index >= 15 is 0 Å². The second kappa shape index (κ2) is 5.39. The highest BCUT2D eigenvalue weighted by Crippen LogP contribution is 2.26. The number of amides is 2. The van der Waals surface area contributed by atoms with Gasteiger partial charge in [-0.25, -0.2) is 0 Å². The molecule has 18 heavy (non-hydrogen) atoms. The summed E-state index contributed by atoms with van der Waals surface area (Å²) in [5, 5.41) is 4.21. The molecule has 0 atom stereocenters. The molecule has 8 nitrogen and oxygen atoms in total. The third kappa shape index (κ3) is 2.90. The number of nitrogens with two attached hydrogens (primary N) is 3. The normalized spacial score (nSPS) is 10.3. The molecule has 0 aromatic carbocycles. The number of aromatic nitrogens is 2. The van der Waals surface area contributed by atoms with Crippen LogP contribution in [0.15, 0.2) is 0 Å². The Labute approximate surface area is 105 Å². The van der Waals surface area contributed by atoms with E-state index in [9.17, 15) is 9.59 Å². The number of hydrogen-bond acceptors (Lipinski definition) is 5. The van der Waals surface area contributed by atoms with Crippen LogP contribution < -0.4 is 22.1 Å². The van der Waals surface area contributed by atoms with Gasteiger partial charge < -0.3 is 22.1 Å². The molecule has 0 saturated heterocycles. The molecule has 0 spiro atoms. The summed E-state index contributed by atoms with van der Waals surface area (Å²) in [7, 11) is 1.68. The van der Waals surface area contributed by atoms with Crippen LogP contribution in [0.4, 0.5) is 11.5 Å². The lowest BCUT2D eigenvalue weighted by molar-refractivity contribution is -0.117. The molecule has 0 aliphatic carbocycles. The Hall–Kier alpha value is -2.25. The third-order valence-electron chi connectivity index (χ3n) is 2.46. The number of anilines is 2. The van der Waals surface area contributed by atoms with Gasteiger partial charge in [-0.15, -0.1) is 0 Å². The average molecular weight is 254 g/mol. The zero-order valence-electron chi connectivity index (χ0n) is 10.5. The van der Waals surface area contributed by atoms with Crippen molar-refractivity contribution < 1.29 is 9.59 Å². The molecule has 0 bridgehead atoms. The fraction of sp³-hybridized carbons (Fsp3) is 0.500. The Morgan fingerprint density at radius 2 is 1.78 bits per heavy atom. The third-order valence-corrected chi connectivity index (χ3v) is 2.46. The van der Waals surface area contributed by atoms with Gasteiger partial charge >= 0.3 is 0 Å². The van der Waals surface area contributed by atoms with Gasteiger partial charge in [-0.2, -0.15) is 5.10 Å². The summed E-state index contributed by atoms with van der Waals surface area (Å²) in [5.74, 6) is -0.672. The molecular weight excluding hydrogens is 236 g/mol. The van der Waals surface area contributed by atoms with Crippen LogP contribution >= 0.6 is 0 Å². The van der Waals surface area contributed by atoms with Crippen molar-refractivity contribution in [2.45, 2.75) is 13.3 Å². The van der Waals surface area contributed by atoms with E-state index in [0.717, 1.165) is 0 Å². The summed E-state index contributed by atoms with van der Waals surface area (Å²) in [6.45, 7) is 1.63. The number of aryl methyl sites for hydroxylation is 2. The predicted octanol–water partition coefficient (Wildman–Crippen LogP) is -1.66. The first-order valence-corrected chi connectivity index (χ1v) is 5.49. The minimum Gasteiger partial charge on any atom is -0.394 e. The second-order valence-corrected chi connectivity index (χ2v) is 3.95. The maximum absolute atomic E-state index is 11.0. The van der Waals surface area contributed by atoms with Crippen molar-refractivity contribution >= 4 is 23.3 Å². The molecule has 8 heteroatoms. The van der Waals surface area contributed by atoms with Crippen molar-refractivity contribution in [3.05, 3.63) is 5.69 Å². The van der Waals surface area contributed by atoms with Gasteiger partial charge in [0.25, 0.3) is 0 Å². The molecule has 1 aromatic heterocycles. The quantitative estimate of drug-likeness (QED) is 0.558. The van der Waals surface area contributed by atoms with Crippen molar-refractivity contribution in [3.63, 3.8) is 0 Å². The number of nitrogens with zero attached hydrogens (tertiary/aromatic N) is 3. The van der Waals surface area contributed by atoms with Crippen LogP contribution in [-0.4, -0.2) is 34.7 Å². The summed E-state index contributed by atoms with van der Waals surface area (Å²) < 4.78 is 1.51. The van der Waals surface area contributed by atoms with Crippen molar-refractivity contribution in [1.82, 2.24) is 9.78 Å². The molecule has 100 valence electrons. The van der Waals surface area contributed by atoms with Crippen LogP contribution in [0.2, 0.25) is 0 Å². The minimum atomic E-state index is -0.574. The number of nitrogen functional groups attached to an aromatic ring is 1. The molecule has 1 rings (SSSR count). The Kier molecular flexibility index (Phi) is 4.13. The number of rotatable bonds is 6. The fourth-order valence-corrected chi connectivity index (χ4v) is 1.80. The average Bonchev–Trinajstić information content (AvgIpc) is 2.51. The lowest BCUT2D eigenvalue weighted by Crippen LogP contribution is -2.41. The van der Waals surface area contributed by atoms with E-state index in [1.165, 1.54) is 9.58 Å². The van der Waals surface area contributed by atoms with E-state index in [1.54, 1.807) is 7.05 Å². The number of carbonyl (C=O) groups excluding carboxylic acids is 2. The largest absolute Gasteiger partial charge is 0.394 e. The van der Waals surface area contributed by atoms with Gasteiger partial charge in [0.1, 0.15) is 0 Å². The van der Waals surface area contributed by atoms with Gasteiger partial charge in [-0.05, 0) is 6.42 Å². The SMILES string of the molecule is CCc1nn(C)c(N(CC(N)=O)CC(N)=O)c1N. The molecule has 2 amide bonds. The van der Waals surface area contributed by atoms with Crippen LogP contribution in [0.3, 0.4) is 0 Å². The Morgan fingerprint density at radius 1 is 1.28 bits per heavy atom. The smallest absolute Gasteiger partial charge is 0.237 e. The van der Waals surface area contributed by atoms with Gasteiger partial charge in [0.2, 0.25) is 11.8 Å². The second-order valence-electron chi connectivity index (χ2n) is 3.95. The molecule has 0 fully saturated rings. The maximum atomic E-state index is 11.0. The molecule has 0 unspecified atom stereocenters. The standard InChI is InChI=1S/C10H18N6O2/c1-3-6-9(13)10(15(2)14-6)16(4-7(11)17)5-8(12)18/h3-5,13H2,1-2H3,(H2,11,17)(H2,12,18). The van der Waals surface area contributed by atoms with Gasteiger partial charge in [0.15, 0.2) is 5.82 Å². The van der Waals surface area contributed by atoms with Gasteiger partial charge in [-0.1, -0.05) is 6.92 Å². The predicted molar refractivity (Wildman–Crippen MR) is 67.6 cm³/mol. The van der Waals surface area contributed by atoms with Gasteiger partial charge in [0, 0.05) is 7.05 Å². The Morgan fingerprint density at radius 3 is 2.11 bits per heavy atom. The number of primary amides is 2. The summed E-state index contributed by atoms with van der Waals surface area (Å²) >= 11 is 0. The van der Waals surface area contributed by atoms with Gasteiger partial charge in [-0.3, -0.25) is 14.3 Å². The highest BCUT2D eigenvalue weighted by atomic mass is 16.2. The lowest BCUT2D eigenvalue weighted by atomic mass is 10.3. The van der Waals surface area contributed by atoms with E-state index in [-0.39, 0.29) is 13.1 Å². The van der Waals surface area contributed by atoms with E-state index in [4.69, 9.17) is 17.2 Å². The first-order valence-electron chi connectivity index (χ1n) is 5.49. The van der Waals surface area contributed by atoms with Crippen LogP contribution in [-0.2, 0) is 23.1 Å². The topological polar surface area (TPSA) is 133 Å². The number of carbonyl (C=O) groups is 2. The molecule has 0 aliphatic rings. The Balaban J connectivity index is 3.15. The monoisotopic (exact) mass is 254 g/mol. The molecule has 1 aromatic rings. The molecule has 0 radical (unpaired) electrons. The lowest BCUT2D eigenvalue weighted by Gasteiger charge is -2.22. The van der Waals surface area contributed by atoms with E-state index in [2.05, 4.69) is 5.10 Å². The van der Waals surface area contributed by atoms with E-state index < -0.39 is 11.8 Å². The van der Waals surface area contributed by atoms with Crippen LogP contribution in [0.5, 0.6) is 0 Å². The minimum absolute atomic E-state index is 0.143. The molecule has 0 aliphatic heterocycles. The van der Waals surface area contributed by atoms with Crippen LogP contribution in [0.25, 0.3) is 0 Å². The first kappa shape index (κ1) is 13.8. The van der Waals surface area contributed by atoms with E-state index in [1.807, 2.05) is 6.92 Å². The van der Waals surface area contributed by atoms with Gasteiger partial charge in [0.05, 0.1) is 24.5 Å². The molecule has 0 saturated carbocycles. The zero-order valence-corrected chi connectivity index (χ0v) is 10.5.